The largest absolute Gasteiger partial charge is 0.465 e. The molecule has 116 valence electrons. The molecule has 2 aromatic rings. The van der Waals surface area contributed by atoms with Crippen LogP contribution in [0.5, 0.6) is 0 Å². The smallest absolute Gasteiger partial charge is 0.323 e. The van der Waals surface area contributed by atoms with Crippen molar-refractivity contribution in [3.05, 3.63) is 60.2 Å². The lowest BCUT2D eigenvalue weighted by Crippen LogP contribution is -2.41. The van der Waals surface area contributed by atoms with Crippen molar-refractivity contribution in [2.45, 2.75) is 32.4 Å². The monoisotopic (exact) mass is 299 g/mol. The van der Waals surface area contributed by atoms with Crippen molar-refractivity contribution < 1.29 is 9.53 Å². The van der Waals surface area contributed by atoms with Gasteiger partial charge in [0.25, 0.3) is 0 Å². The van der Waals surface area contributed by atoms with Crippen molar-refractivity contribution in [2.75, 3.05) is 6.61 Å². The summed E-state index contributed by atoms with van der Waals surface area (Å²) in [4.78, 5) is 20.5. The van der Waals surface area contributed by atoms with Crippen LogP contribution in [-0.4, -0.2) is 28.6 Å². The first-order valence-corrected chi connectivity index (χ1v) is 7.43. The molecule has 2 unspecified atom stereocenters. The van der Waals surface area contributed by atoms with E-state index in [2.05, 4.69) is 15.3 Å². The zero-order chi connectivity index (χ0) is 15.8. The van der Waals surface area contributed by atoms with Crippen LogP contribution in [0.1, 0.15) is 31.1 Å². The van der Waals surface area contributed by atoms with Crippen LogP contribution in [0.3, 0.4) is 0 Å². The van der Waals surface area contributed by atoms with Gasteiger partial charge in [0.05, 0.1) is 12.3 Å². The molecular weight excluding hydrogens is 278 g/mol. The Morgan fingerprint density at radius 3 is 2.68 bits per heavy atom. The molecule has 22 heavy (non-hydrogen) atoms. The Labute approximate surface area is 130 Å². The van der Waals surface area contributed by atoms with Gasteiger partial charge in [0.2, 0.25) is 0 Å². The molecule has 2 rings (SSSR count). The van der Waals surface area contributed by atoms with Gasteiger partial charge < -0.3 is 4.74 Å². The first kappa shape index (κ1) is 16.1. The fraction of sp³-hybridized carbons (Fsp3) is 0.353. The Morgan fingerprint density at radius 1 is 1.27 bits per heavy atom. The van der Waals surface area contributed by atoms with Gasteiger partial charge in [0, 0.05) is 31.1 Å². The summed E-state index contributed by atoms with van der Waals surface area (Å²) >= 11 is 0. The van der Waals surface area contributed by atoms with E-state index in [1.807, 2.05) is 37.3 Å². The van der Waals surface area contributed by atoms with Crippen LogP contribution in [0, 0.1) is 0 Å². The Bertz CT molecular complexity index is 575. The van der Waals surface area contributed by atoms with Crippen molar-refractivity contribution in [2.24, 2.45) is 0 Å². The molecule has 0 fully saturated rings. The molecule has 0 radical (unpaired) electrons. The molecular formula is C17H21N3O2. The minimum Gasteiger partial charge on any atom is -0.465 e. The Morgan fingerprint density at radius 2 is 2.05 bits per heavy atom. The molecule has 0 amide bonds. The number of aromatic nitrogens is 2. The molecule has 0 saturated heterocycles. The molecule has 1 heterocycles. The predicted molar refractivity (Wildman–Crippen MR) is 84.1 cm³/mol. The van der Waals surface area contributed by atoms with E-state index in [0.717, 1.165) is 11.3 Å². The normalized spacial score (nSPS) is 13.4. The number of hydrogen-bond acceptors (Lipinski definition) is 5. The summed E-state index contributed by atoms with van der Waals surface area (Å²) in [5.74, 6) is -0.268. The van der Waals surface area contributed by atoms with Crippen LogP contribution in [0.15, 0.2) is 48.9 Å². The molecule has 5 heteroatoms. The summed E-state index contributed by atoms with van der Waals surface area (Å²) in [5.41, 5.74) is 1.88. The summed E-state index contributed by atoms with van der Waals surface area (Å²) < 4.78 is 5.16. The highest BCUT2D eigenvalue weighted by atomic mass is 16.5. The number of rotatable bonds is 7. The topological polar surface area (TPSA) is 64.1 Å². The third-order valence-corrected chi connectivity index (χ3v) is 3.35. The van der Waals surface area contributed by atoms with Crippen LogP contribution < -0.4 is 5.32 Å². The standard InChI is InChI=1S/C17H21N3O2/c1-3-22-17(21)16(11-15-12-18-9-10-19-15)20-13(2)14-7-5-4-6-8-14/h4-10,12-13,16,20H,3,11H2,1-2H3. The molecule has 0 bridgehead atoms. The molecule has 0 spiro atoms. The molecule has 5 nitrogen and oxygen atoms in total. The molecule has 0 saturated carbocycles. The van der Waals surface area contributed by atoms with Gasteiger partial charge in [0.15, 0.2) is 0 Å². The second kappa shape index (κ2) is 8.24. The van der Waals surface area contributed by atoms with E-state index in [1.165, 1.54) is 0 Å². The van der Waals surface area contributed by atoms with E-state index < -0.39 is 6.04 Å². The van der Waals surface area contributed by atoms with E-state index in [9.17, 15) is 4.79 Å². The lowest BCUT2D eigenvalue weighted by Gasteiger charge is -2.22. The molecule has 0 aliphatic rings. The first-order chi connectivity index (χ1) is 10.7. The number of ether oxygens (including phenoxy) is 1. The van der Waals surface area contributed by atoms with Gasteiger partial charge in [-0.1, -0.05) is 30.3 Å². The minimum absolute atomic E-state index is 0.0345. The van der Waals surface area contributed by atoms with E-state index in [1.54, 1.807) is 25.5 Å². The number of carbonyl (C=O) groups excluding carboxylic acids is 1. The Balaban J connectivity index is 2.09. The zero-order valence-corrected chi connectivity index (χ0v) is 12.9. The second-order valence-corrected chi connectivity index (χ2v) is 5.00. The van der Waals surface area contributed by atoms with E-state index in [0.29, 0.717) is 13.0 Å². The number of hydrogen-bond donors (Lipinski definition) is 1. The van der Waals surface area contributed by atoms with Crippen LogP contribution in [-0.2, 0) is 16.0 Å². The molecule has 2 atom stereocenters. The molecule has 1 N–H and O–H groups in total. The number of nitrogens with zero attached hydrogens (tertiary/aromatic N) is 2. The zero-order valence-electron chi connectivity index (χ0n) is 12.9. The molecule has 1 aromatic heterocycles. The van der Waals surface area contributed by atoms with Crippen LogP contribution in [0.25, 0.3) is 0 Å². The fourth-order valence-corrected chi connectivity index (χ4v) is 2.24. The van der Waals surface area contributed by atoms with Crippen LogP contribution in [0.4, 0.5) is 0 Å². The summed E-state index contributed by atoms with van der Waals surface area (Å²) in [5, 5.41) is 3.32. The van der Waals surface area contributed by atoms with Gasteiger partial charge in [0.1, 0.15) is 6.04 Å². The number of esters is 1. The molecule has 0 aliphatic carbocycles. The molecule has 0 aliphatic heterocycles. The van der Waals surface area contributed by atoms with Crippen molar-refractivity contribution in [1.82, 2.24) is 15.3 Å². The third kappa shape index (κ3) is 4.63. The van der Waals surface area contributed by atoms with E-state index in [-0.39, 0.29) is 12.0 Å². The Hall–Kier alpha value is -2.27. The Kier molecular flexibility index (Phi) is 6.03. The highest BCUT2D eigenvalue weighted by molar-refractivity contribution is 5.76. The van der Waals surface area contributed by atoms with Crippen LogP contribution in [0.2, 0.25) is 0 Å². The highest BCUT2D eigenvalue weighted by Gasteiger charge is 2.23. The van der Waals surface area contributed by atoms with Crippen molar-refractivity contribution in [1.29, 1.82) is 0 Å². The van der Waals surface area contributed by atoms with Crippen molar-refractivity contribution >= 4 is 5.97 Å². The first-order valence-electron chi connectivity index (χ1n) is 7.43. The summed E-state index contributed by atoms with van der Waals surface area (Å²) in [7, 11) is 0. The SMILES string of the molecule is CCOC(=O)C(Cc1cnccn1)NC(C)c1ccccc1. The van der Waals surface area contributed by atoms with Gasteiger partial charge >= 0.3 is 5.97 Å². The number of carbonyl (C=O) groups is 1. The highest BCUT2D eigenvalue weighted by Crippen LogP contribution is 2.13. The maximum atomic E-state index is 12.2. The summed E-state index contributed by atoms with van der Waals surface area (Å²) in [6, 6.07) is 9.58. The van der Waals surface area contributed by atoms with Gasteiger partial charge in [-0.2, -0.15) is 0 Å². The quantitative estimate of drug-likeness (QED) is 0.795. The summed E-state index contributed by atoms with van der Waals surface area (Å²) in [6.45, 7) is 4.19. The maximum Gasteiger partial charge on any atom is 0.323 e. The average Bonchev–Trinajstić information content (AvgIpc) is 2.56. The third-order valence-electron chi connectivity index (χ3n) is 3.35. The van der Waals surface area contributed by atoms with E-state index in [4.69, 9.17) is 4.74 Å². The van der Waals surface area contributed by atoms with Gasteiger partial charge in [-0.25, -0.2) is 0 Å². The summed E-state index contributed by atoms with van der Waals surface area (Å²) in [6.07, 6.45) is 5.35. The minimum atomic E-state index is -0.452. The molecule has 1 aromatic carbocycles. The maximum absolute atomic E-state index is 12.2. The van der Waals surface area contributed by atoms with Gasteiger partial charge in [-0.15, -0.1) is 0 Å². The number of benzene rings is 1. The fourth-order valence-electron chi connectivity index (χ4n) is 2.24. The lowest BCUT2D eigenvalue weighted by atomic mass is 10.1. The second-order valence-electron chi connectivity index (χ2n) is 5.00. The average molecular weight is 299 g/mol. The van der Waals surface area contributed by atoms with Crippen molar-refractivity contribution in [3.8, 4) is 0 Å². The van der Waals surface area contributed by atoms with Crippen molar-refractivity contribution in [3.63, 3.8) is 0 Å². The lowest BCUT2D eigenvalue weighted by molar-refractivity contribution is -0.145. The van der Waals surface area contributed by atoms with Crippen LogP contribution >= 0.6 is 0 Å². The number of nitrogens with one attached hydrogen (secondary N) is 1. The van der Waals surface area contributed by atoms with Gasteiger partial charge in [-0.05, 0) is 19.4 Å². The van der Waals surface area contributed by atoms with E-state index >= 15 is 0 Å². The predicted octanol–water partition coefficient (Wildman–Crippen LogP) is 2.30. The van der Waals surface area contributed by atoms with Gasteiger partial charge in [-0.3, -0.25) is 20.1 Å².